The van der Waals surface area contributed by atoms with Gasteiger partial charge in [-0.1, -0.05) is 13.0 Å². The molecular weight excluding hydrogens is 304 g/mol. The molecule has 4 nitrogen and oxygen atoms in total. The first-order chi connectivity index (χ1) is 11.4. The van der Waals surface area contributed by atoms with Crippen LogP contribution in [0, 0.1) is 5.41 Å². The van der Waals surface area contributed by atoms with Crippen LogP contribution in [0.1, 0.15) is 50.2 Å². The first-order valence-electron chi connectivity index (χ1n) is 8.40. The molecule has 124 valence electrons. The summed E-state index contributed by atoms with van der Waals surface area (Å²) in [5, 5.41) is 12.2. The van der Waals surface area contributed by atoms with Crippen LogP contribution in [0.15, 0.2) is 24.3 Å². The largest absolute Gasteiger partial charge is 0.507 e. The van der Waals surface area contributed by atoms with E-state index in [1.54, 1.807) is 12.1 Å². The SMILES string of the molecule is CC(=O)Oc1ccc2c3c(cc(O)c2c1)[C@@H]1CCC(=O)[C@@]1(C)CC3. The van der Waals surface area contributed by atoms with Crippen molar-refractivity contribution in [2.75, 3.05) is 0 Å². The lowest BCUT2D eigenvalue weighted by atomic mass is 9.66. The van der Waals surface area contributed by atoms with Crippen LogP contribution in [-0.4, -0.2) is 16.9 Å². The van der Waals surface area contributed by atoms with Gasteiger partial charge < -0.3 is 9.84 Å². The van der Waals surface area contributed by atoms with Crippen molar-refractivity contribution in [3.8, 4) is 11.5 Å². The molecule has 0 aliphatic heterocycles. The molecule has 0 saturated heterocycles. The Morgan fingerprint density at radius 3 is 2.79 bits per heavy atom. The average Bonchev–Trinajstić information content (AvgIpc) is 2.83. The summed E-state index contributed by atoms with van der Waals surface area (Å²) in [5.74, 6) is 0.774. The molecule has 4 heteroatoms. The third kappa shape index (κ3) is 2.05. The van der Waals surface area contributed by atoms with Gasteiger partial charge in [0, 0.05) is 24.1 Å². The molecule has 0 aromatic heterocycles. The van der Waals surface area contributed by atoms with E-state index in [9.17, 15) is 14.7 Å². The summed E-state index contributed by atoms with van der Waals surface area (Å²) >= 11 is 0. The number of ether oxygens (including phenoxy) is 1. The van der Waals surface area contributed by atoms with Gasteiger partial charge >= 0.3 is 5.97 Å². The Balaban J connectivity index is 1.89. The average molecular weight is 324 g/mol. The highest BCUT2D eigenvalue weighted by molar-refractivity contribution is 5.95. The van der Waals surface area contributed by atoms with Gasteiger partial charge in [0.05, 0.1) is 0 Å². The molecule has 0 spiro atoms. The molecule has 1 N–H and O–H groups in total. The van der Waals surface area contributed by atoms with Crippen LogP contribution in [0.4, 0.5) is 0 Å². The van der Waals surface area contributed by atoms with Gasteiger partial charge in [0.15, 0.2) is 0 Å². The standard InChI is InChI=1S/C20H20O4/c1-11(21)24-12-3-4-13-14-7-8-20(2)17(5-6-19(20)23)15(14)10-18(22)16(13)9-12/h3-4,9-10,17,22H,5-8H2,1-2H3/t17-,20-/m0/s1. The van der Waals surface area contributed by atoms with Crippen LogP contribution in [0.25, 0.3) is 10.8 Å². The van der Waals surface area contributed by atoms with Gasteiger partial charge in [-0.2, -0.15) is 0 Å². The van der Waals surface area contributed by atoms with Gasteiger partial charge in [-0.25, -0.2) is 0 Å². The fourth-order valence-corrected chi connectivity index (χ4v) is 4.56. The second-order valence-electron chi connectivity index (χ2n) is 7.20. The minimum absolute atomic E-state index is 0.182. The van der Waals surface area contributed by atoms with Crippen molar-refractivity contribution < 1.29 is 19.4 Å². The van der Waals surface area contributed by atoms with Gasteiger partial charge in [-0.15, -0.1) is 0 Å². The molecule has 2 aliphatic rings. The van der Waals surface area contributed by atoms with Gasteiger partial charge in [0.2, 0.25) is 0 Å². The summed E-state index contributed by atoms with van der Waals surface area (Å²) < 4.78 is 5.13. The molecule has 2 aromatic carbocycles. The Bertz CT molecular complexity index is 883. The Morgan fingerprint density at radius 1 is 1.25 bits per heavy atom. The number of benzene rings is 2. The number of Topliss-reactive ketones (excluding diaryl/α,β-unsaturated/α-hetero) is 1. The number of phenolic OH excluding ortho intramolecular Hbond substituents is 1. The number of fused-ring (bicyclic) bond motifs is 5. The van der Waals surface area contributed by atoms with Gasteiger partial charge in [0.25, 0.3) is 0 Å². The maximum atomic E-state index is 12.3. The Hall–Kier alpha value is -2.36. The lowest BCUT2D eigenvalue weighted by Crippen LogP contribution is -2.32. The van der Waals surface area contributed by atoms with Crippen LogP contribution >= 0.6 is 0 Å². The van der Waals surface area contributed by atoms with E-state index in [1.807, 2.05) is 12.1 Å². The first kappa shape index (κ1) is 15.2. The quantitative estimate of drug-likeness (QED) is 0.639. The summed E-state index contributed by atoms with van der Waals surface area (Å²) in [6.07, 6.45) is 3.18. The number of aryl methyl sites for hydroxylation is 1. The summed E-state index contributed by atoms with van der Waals surface area (Å²) in [4.78, 5) is 23.5. The van der Waals surface area contributed by atoms with Crippen molar-refractivity contribution in [1.82, 2.24) is 0 Å². The number of carbonyl (C=O) groups is 2. The lowest BCUT2D eigenvalue weighted by molar-refractivity contribution is -0.132. The number of rotatable bonds is 1. The molecule has 2 aliphatic carbocycles. The zero-order chi connectivity index (χ0) is 17.1. The molecule has 0 amide bonds. The third-order valence-corrected chi connectivity index (χ3v) is 5.83. The normalized spacial score (nSPS) is 25.4. The number of hydrogen-bond donors (Lipinski definition) is 1. The monoisotopic (exact) mass is 324 g/mol. The fraction of sp³-hybridized carbons (Fsp3) is 0.400. The van der Waals surface area contributed by atoms with E-state index in [0.29, 0.717) is 23.3 Å². The molecule has 2 aromatic rings. The maximum Gasteiger partial charge on any atom is 0.308 e. The molecule has 0 heterocycles. The van der Waals surface area contributed by atoms with Crippen molar-refractivity contribution in [3.05, 3.63) is 35.4 Å². The number of phenols is 1. The summed E-state index contributed by atoms with van der Waals surface area (Å²) in [6.45, 7) is 3.43. The number of esters is 1. The van der Waals surface area contributed by atoms with E-state index < -0.39 is 0 Å². The number of carbonyl (C=O) groups excluding carboxylic acids is 2. The van der Waals surface area contributed by atoms with E-state index in [0.717, 1.165) is 30.2 Å². The van der Waals surface area contributed by atoms with Crippen molar-refractivity contribution >= 4 is 22.5 Å². The molecule has 0 radical (unpaired) electrons. The Kier molecular flexibility index (Phi) is 3.21. The first-order valence-corrected chi connectivity index (χ1v) is 8.40. The van der Waals surface area contributed by atoms with Gasteiger partial charge in [-0.05, 0) is 59.9 Å². The minimum atomic E-state index is -0.382. The molecule has 24 heavy (non-hydrogen) atoms. The van der Waals surface area contributed by atoms with Crippen LogP contribution in [0.5, 0.6) is 11.5 Å². The third-order valence-electron chi connectivity index (χ3n) is 5.83. The minimum Gasteiger partial charge on any atom is -0.507 e. The van der Waals surface area contributed by atoms with Crippen molar-refractivity contribution in [1.29, 1.82) is 0 Å². The summed E-state index contributed by atoms with van der Waals surface area (Å²) in [7, 11) is 0. The second kappa shape index (κ2) is 5.07. The predicted molar refractivity (Wildman–Crippen MR) is 90.3 cm³/mol. The Labute approximate surface area is 140 Å². The zero-order valence-corrected chi connectivity index (χ0v) is 13.9. The van der Waals surface area contributed by atoms with Crippen molar-refractivity contribution in [2.45, 2.75) is 45.4 Å². The maximum absolute atomic E-state index is 12.3. The summed E-state index contributed by atoms with van der Waals surface area (Å²) in [6, 6.07) is 7.19. The molecule has 0 bridgehead atoms. The fourth-order valence-electron chi connectivity index (χ4n) is 4.56. The number of aromatic hydroxyl groups is 1. The Morgan fingerprint density at radius 2 is 2.04 bits per heavy atom. The van der Waals surface area contributed by atoms with Crippen molar-refractivity contribution in [2.24, 2.45) is 5.41 Å². The van der Waals surface area contributed by atoms with Crippen LogP contribution in [0.2, 0.25) is 0 Å². The zero-order valence-electron chi connectivity index (χ0n) is 13.9. The highest BCUT2D eigenvalue weighted by Crippen LogP contribution is 2.55. The van der Waals surface area contributed by atoms with Gasteiger partial charge in [0.1, 0.15) is 17.3 Å². The molecular formula is C20H20O4. The second-order valence-corrected chi connectivity index (χ2v) is 7.20. The van der Waals surface area contributed by atoms with E-state index in [-0.39, 0.29) is 23.1 Å². The number of hydrogen-bond acceptors (Lipinski definition) is 4. The van der Waals surface area contributed by atoms with Crippen LogP contribution in [0.3, 0.4) is 0 Å². The number of ketones is 1. The van der Waals surface area contributed by atoms with E-state index in [4.69, 9.17) is 4.74 Å². The van der Waals surface area contributed by atoms with E-state index in [2.05, 4.69) is 6.92 Å². The lowest BCUT2D eigenvalue weighted by Gasteiger charge is -2.37. The van der Waals surface area contributed by atoms with Crippen LogP contribution in [-0.2, 0) is 16.0 Å². The highest BCUT2D eigenvalue weighted by Gasteiger charge is 2.49. The molecule has 0 unspecified atom stereocenters. The topological polar surface area (TPSA) is 63.6 Å². The molecule has 1 saturated carbocycles. The molecule has 2 atom stereocenters. The smallest absolute Gasteiger partial charge is 0.308 e. The van der Waals surface area contributed by atoms with E-state index in [1.165, 1.54) is 12.5 Å². The van der Waals surface area contributed by atoms with Crippen LogP contribution < -0.4 is 4.74 Å². The predicted octanol–water partition coefficient (Wildman–Crippen LogP) is 3.87. The molecule has 4 rings (SSSR count). The van der Waals surface area contributed by atoms with Crippen molar-refractivity contribution in [3.63, 3.8) is 0 Å². The van der Waals surface area contributed by atoms with E-state index >= 15 is 0 Å². The summed E-state index contributed by atoms with van der Waals surface area (Å²) in [5.41, 5.74) is 2.04. The van der Waals surface area contributed by atoms with Gasteiger partial charge in [-0.3, -0.25) is 9.59 Å². The molecule has 1 fully saturated rings. The highest BCUT2D eigenvalue weighted by atomic mass is 16.5.